The number of hydrogen-bond acceptors (Lipinski definition) is 9. The van der Waals surface area contributed by atoms with E-state index in [0.717, 1.165) is 18.9 Å². The van der Waals surface area contributed by atoms with Crippen LogP contribution in [0.1, 0.15) is 116 Å². The molecule has 14 nitrogen and oxygen atoms in total. The van der Waals surface area contributed by atoms with Crippen molar-refractivity contribution >= 4 is 53.1 Å². The molecule has 2 aromatic carbocycles. The molecule has 15 heteroatoms. The number of aromatic nitrogens is 1. The Bertz CT molecular complexity index is 1700. The third-order valence-electron chi connectivity index (χ3n) is 7.90. The molecule has 1 heterocycles. The summed E-state index contributed by atoms with van der Waals surface area (Å²) < 4.78 is 15.5. The van der Waals surface area contributed by atoms with Crippen LogP contribution in [0.5, 0.6) is 17.2 Å². The highest BCUT2D eigenvalue weighted by atomic mass is 35.5. The minimum absolute atomic E-state index is 0.00368. The minimum atomic E-state index is -1.03. The molecule has 1 unspecified atom stereocenters. The number of methoxy groups -OCH3 is 3. The molecular weight excluding hydrogens is 760 g/mol. The summed E-state index contributed by atoms with van der Waals surface area (Å²) in [6.07, 6.45) is 16.0. The zero-order valence-corrected chi connectivity index (χ0v) is 34.3. The van der Waals surface area contributed by atoms with Crippen molar-refractivity contribution in [3.63, 3.8) is 0 Å². The van der Waals surface area contributed by atoms with Crippen LogP contribution in [0.15, 0.2) is 60.8 Å². The Morgan fingerprint density at radius 2 is 1.33 bits per heavy atom. The van der Waals surface area contributed by atoms with Gasteiger partial charge in [0.2, 0.25) is 11.7 Å². The molecule has 0 radical (unpaired) electrons. The van der Waals surface area contributed by atoms with Crippen molar-refractivity contribution in [3.05, 3.63) is 83.2 Å². The molecule has 57 heavy (non-hydrogen) atoms. The van der Waals surface area contributed by atoms with E-state index in [4.69, 9.17) is 46.2 Å². The lowest BCUT2D eigenvalue weighted by Gasteiger charge is -2.13. The fourth-order valence-corrected chi connectivity index (χ4v) is 4.82. The number of amides is 1. The zero-order valence-electron chi connectivity index (χ0n) is 33.6. The second-order valence-corrected chi connectivity index (χ2v) is 12.8. The number of alkyl halides is 1. The number of nitrogens with zero attached hydrogens (tertiary/aromatic N) is 1. The summed E-state index contributed by atoms with van der Waals surface area (Å²) in [7, 11) is 4.49. The molecule has 0 bridgehead atoms. The lowest BCUT2D eigenvalue weighted by Crippen LogP contribution is -2.11. The Kier molecular flexibility index (Phi) is 27.6. The minimum Gasteiger partial charge on any atom is -0.493 e. The average Bonchev–Trinajstić information content (AvgIpc) is 3.19. The molecule has 3 aromatic rings. The van der Waals surface area contributed by atoms with Gasteiger partial charge in [0.15, 0.2) is 17.2 Å². The summed E-state index contributed by atoms with van der Waals surface area (Å²) in [5.41, 5.74) is 2.29. The number of carbonyl (C=O) groups excluding carboxylic acids is 1. The first-order chi connectivity index (χ1) is 27.2. The van der Waals surface area contributed by atoms with Crippen molar-refractivity contribution in [2.24, 2.45) is 0 Å². The van der Waals surface area contributed by atoms with Crippen LogP contribution in [-0.2, 0) is 14.4 Å². The smallest absolute Gasteiger partial charge is 0.354 e. The van der Waals surface area contributed by atoms with Crippen LogP contribution < -0.4 is 19.5 Å². The van der Waals surface area contributed by atoms with Crippen molar-refractivity contribution in [1.82, 2.24) is 4.98 Å². The maximum Gasteiger partial charge on any atom is 0.354 e. The summed E-state index contributed by atoms with van der Waals surface area (Å²) in [6, 6.07) is 13.0. The Morgan fingerprint density at radius 1 is 0.754 bits per heavy atom. The number of halogens is 1. The van der Waals surface area contributed by atoms with Crippen LogP contribution in [0.3, 0.4) is 0 Å². The summed E-state index contributed by atoms with van der Waals surface area (Å²) in [5, 5.41) is 36.0. The Balaban J connectivity index is 0.000000803. The summed E-state index contributed by atoms with van der Waals surface area (Å²) >= 11 is 5.20. The number of unbranched alkanes of at least 4 members (excludes halogenated alkanes) is 8. The molecule has 3 rings (SSSR count). The molecule has 314 valence electrons. The molecule has 0 aliphatic rings. The predicted molar refractivity (Wildman–Crippen MR) is 220 cm³/mol. The molecule has 0 spiro atoms. The Labute approximate surface area is 339 Å². The molecule has 0 saturated carbocycles. The zero-order chi connectivity index (χ0) is 43.2. The van der Waals surface area contributed by atoms with E-state index in [1.165, 1.54) is 90.7 Å². The molecule has 5 N–H and O–H groups in total. The first kappa shape index (κ1) is 51.4. The van der Waals surface area contributed by atoms with E-state index in [1.807, 2.05) is 0 Å². The number of hydrogen-bond donors (Lipinski definition) is 5. The second-order valence-electron chi connectivity index (χ2n) is 12.3. The quantitative estimate of drug-likeness (QED) is 0.0408. The maximum absolute atomic E-state index is 11.8. The van der Waals surface area contributed by atoms with Gasteiger partial charge >= 0.3 is 23.9 Å². The van der Waals surface area contributed by atoms with Crippen LogP contribution in [0, 0.1) is 6.92 Å². The van der Waals surface area contributed by atoms with Gasteiger partial charge in [-0.15, -0.1) is 11.6 Å². The van der Waals surface area contributed by atoms with Gasteiger partial charge in [-0.1, -0.05) is 71.3 Å². The molecule has 0 aliphatic carbocycles. The fourth-order valence-electron chi connectivity index (χ4n) is 4.82. The van der Waals surface area contributed by atoms with E-state index < -0.39 is 29.3 Å². The predicted octanol–water partition coefficient (Wildman–Crippen LogP) is 9.23. The molecule has 0 aliphatic heterocycles. The number of rotatable bonds is 20. The molecule has 1 amide bonds. The van der Waals surface area contributed by atoms with Crippen molar-refractivity contribution < 1.29 is 58.6 Å². The number of ether oxygens (including phenoxy) is 3. The second kappa shape index (κ2) is 30.6. The third-order valence-corrected chi connectivity index (χ3v) is 8.40. The van der Waals surface area contributed by atoms with E-state index in [-0.39, 0.29) is 17.2 Å². The number of aromatic carboxylic acids is 2. The summed E-state index contributed by atoms with van der Waals surface area (Å²) in [4.78, 5) is 56.9. The topological polar surface area (TPSA) is 219 Å². The number of pyridine rings is 1. The number of aryl methyl sites for hydroxylation is 1. The fraction of sp³-hybridized carbons (Fsp3) is 0.429. The average molecular weight is 817 g/mol. The van der Waals surface area contributed by atoms with Gasteiger partial charge in [-0.05, 0) is 73.9 Å². The standard InChI is InChI=1S/C19H29NO3.C12H14O5.C7H7NO2.C4H7ClO2/c1-2-3-4-5-6-7-8-9-10-11-18(21)20-17-14-12-16(13-15-17)19(22)23;1-15-9-6-4-8(5-7-10(13)14)11(16-2)12(9)17-3;1-5-3-2-4-8-6(5)7(9)10;1-2-3(5)4(6)7/h12-15H,2-11H2,1H3,(H,20,21)(H,22,23);4-7H,1-3H3,(H,13,14);2-4H,1H3,(H,9,10);3H,2H2,1H3,(H,6,7). The number of benzene rings is 2. The van der Waals surface area contributed by atoms with E-state index in [1.54, 1.807) is 50.2 Å². The van der Waals surface area contributed by atoms with Gasteiger partial charge in [0, 0.05) is 29.9 Å². The van der Waals surface area contributed by atoms with Crippen molar-refractivity contribution in [3.8, 4) is 17.2 Å². The Hall–Kier alpha value is -5.63. The van der Waals surface area contributed by atoms with Gasteiger partial charge in [0.1, 0.15) is 5.38 Å². The van der Waals surface area contributed by atoms with Crippen molar-refractivity contribution in [1.29, 1.82) is 0 Å². The van der Waals surface area contributed by atoms with Crippen molar-refractivity contribution in [2.45, 2.75) is 96.8 Å². The van der Waals surface area contributed by atoms with Gasteiger partial charge < -0.3 is 40.0 Å². The lowest BCUT2D eigenvalue weighted by molar-refractivity contribution is -0.136. The number of carbonyl (C=O) groups is 5. The van der Waals surface area contributed by atoms with E-state index in [9.17, 15) is 24.0 Å². The SMILES string of the molecule is CCC(Cl)C(=O)O.CCCCCCCCCCCC(=O)Nc1ccc(C(=O)O)cc1.COc1ccc(C=CC(=O)O)c(OC)c1OC.Cc1cccnc1C(=O)O. The lowest BCUT2D eigenvalue weighted by atomic mass is 10.1. The number of anilines is 1. The van der Waals surface area contributed by atoms with Gasteiger partial charge in [0.05, 0.1) is 26.9 Å². The number of carboxylic acid groups (broad SMARTS) is 4. The molecule has 0 saturated heterocycles. The van der Waals surface area contributed by atoms with Gasteiger partial charge in [-0.2, -0.15) is 0 Å². The van der Waals surface area contributed by atoms with Gasteiger partial charge in [0.25, 0.3) is 0 Å². The summed E-state index contributed by atoms with van der Waals surface area (Å²) in [5.74, 6) is -2.51. The molecule has 0 fully saturated rings. The van der Waals surface area contributed by atoms with Gasteiger partial charge in [-0.25, -0.2) is 19.4 Å². The number of nitrogens with one attached hydrogen (secondary N) is 1. The first-order valence-corrected chi connectivity index (χ1v) is 19.0. The van der Waals surface area contributed by atoms with Crippen LogP contribution in [-0.4, -0.2) is 81.9 Å². The van der Waals surface area contributed by atoms with E-state index in [0.29, 0.717) is 46.9 Å². The van der Waals surface area contributed by atoms with E-state index in [2.05, 4.69) is 17.2 Å². The highest BCUT2D eigenvalue weighted by Gasteiger charge is 2.14. The summed E-state index contributed by atoms with van der Waals surface area (Å²) in [6.45, 7) is 5.67. The van der Waals surface area contributed by atoms with Gasteiger partial charge in [-0.3, -0.25) is 9.59 Å². The Morgan fingerprint density at radius 3 is 1.75 bits per heavy atom. The van der Waals surface area contributed by atoms with Crippen LogP contribution in [0.25, 0.3) is 6.08 Å². The highest BCUT2D eigenvalue weighted by Crippen LogP contribution is 2.40. The molecule has 1 aromatic heterocycles. The molecular formula is C42H57ClN2O12. The number of carboxylic acids is 4. The van der Waals surface area contributed by atoms with Crippen LogP contribution in [0.2, 0.25) is 0 Å². The maximum atomic E-state index is 11.8. The highest BCUT2D eigenvalue weighted by molar-refractivity contribution is 6.29. The van der Waals surface area contributed by atoms with Crippen LogP contribution >= 0.6 is 11.6 Å². The normalized spacial score (nSPS) is 10.6. The number of aliphatic carboxylic acids is 2. The van der Waals surface area contributed by atoms with Crippen molar-refractivity contribution in [2.75, 3.05) is 26.6 Å². The van der Waals surface area contributed by atoms with Crippen LogP contribution in [0.4, 0.5) is 5.69 Å². The van der Waals surface area contributed by atoms with E-state index >= 15 is 0 Å². The first-order valence-electron chi connectivity index (χ1n) is 18.5. The monoisotopic (exact) mass is 816 g/mol. The third kappa shape index (κ3) is 22.5. The molecule has 1 atom stereocenters. The largest absolute Gasteiger partial charge is 0.493 e.